The molecule has 1 fully saturated rings. The molecule has 0 saturated heterocycles. The fraction of sp³-hybridized carbons (Fsp3) is 1.00. The molecule has 1 aliphatic rings. The predicted molar refractivity (Wildman–Crippen MR) is 77.9 cm³/mol. The average Bonchev–Trinajstić information content (AvgIpc) is 2.43. The van der Waals surface area contributed by atoms with Gasteiger partial charge in [-0.1, -0.05) is 13.3 Å². The standard InChI is InChI=1S/C14H26F3NO2S/c1-3-21(19,20)9-5-8-13(18-2)11-6-4-7-12(10-11)14(15,16)17/h11-13,18H,3-10H2,1-2H3. The van der Waals surface area contributed by atoms with Crippen LogP contribution in [0.2, 0.25) is 0 Å². The van der Waals surface area contributed by atoms with Crippen LogP contribution in [0, 0.1) is 11.8 Å². The van der Waals surface area contributed by atoms with Crippen molar-refractivity contribution in [2.75, 3.05) is 18.6 Å². The molecule has 1 N–H and O–H groups in total. The van der Waals surface area contributed by atoms with Crippen LogP contribution in [0.5, 0.6) is 0 Å². The molecule has 1 saturated carbocycles. The van der Waals surface area contributed by atoms with E-state index in [1.807, 2.05) is 0 Å². The number of hydrogen-bond donors (Lipinski definition) is 1. The maximum atomic E-state index is 12.8. The van der Waals surface area contributed by atoms with E-state index in [1.54, 1.807) is 14.0 Å². The van der Waals surface area contributed by atoms with Gasteiger partial charge in [0.25, 0.3) is 0 Å². The van der Waals surface area contributed by atoms with Gasteiger partial charge in [0.1, 0.15) is 9.84 Å². The normalized spacial score (nSPS) is 25.8. The lowest BCUT2D eigenvalue weighted by Crippen LogP contribution is -2.39. The van der Waals surface area contributed by atoms with Gasteiger partial charge in [-0.2, -0.15) is 13.2 Å². The molecular weight excluding hydrogens is 303 g/mol. The lowest BCUT2D eigenvalue weighted by Gasteiger charge is -2.35. The molecule has 1 rings (SSSR count). The SMILES string of the molecule is CCS(=O)(=O)CCCC(NC)C1CCCC(C(F)(F)F)C1. The van der Waals surface area contributed by atoms with Crippen LogP contribution in [0.3, 0.4) is 0 Å². The maximum absolute atomic E-state index is 12.8. The smallest absolute Gasteiger partial charge is 0.317 e. The molecule has 0 heterocycles. The van der Waals surface area contributed by atoms with Crippen LogP contribution in [0.1, 0.15) is 45.4 Å². The minimum absolute atomic E-state index is 0.0142. The number of alkyl halides is 3. The molecule has 0 aromatic rings. The Bertz CT molecular complexity index is 409. The molecule has 0 aromatic heterocycles. The summed E-state index contributed by atoms with van der Waals surface area (Å²) in [4.78, 5) is 0. The van der Waals surface area contributed by atoms with Gasteiger partial charge in [0.15, 0.2) is 0 Å². The predicted octanol–water partition coefficient (Wildman–Crippen LogP) is 3.16. The number of hydrogen-bond acceptors (Lipinski definition) is 3. The number of nitrogens with one attached hydrogen (secondary N) is 1. The third-order valence-electron chi connectivity index (χ3n) is 4.53. The van der Waals surface area contributed by atoms with Crippen LogP contribution in [0.15, 0.2) is 0 Å². The molecule has 0 bridgehead atoms. The summed E-state index contributed by atoms with van der Waals surface area (Å²) in [6.45, 7) is 1.61. The Morgan fingerprint density at radius 2 is 1.95 bits per heavy atom. The first kappa shape index (κ1) is 18.7. The van der Waals surface area contributed by atoms with Gasteiger partial charge in [0.2, 0.25) is 0 Å². The van der Waals surface area contributed by atoms with E-state index in [0.717, 1.165) is 6.42 Å². The third kappa shape index (κ3) is 6.14. The summed E-state index contributed by atoms with van der Waals surface area (Å²) >= 11 is 0. The van der Waals surface area contributed by atoms with Crippen LogP contribution in [-0.4, -0.2) is 39.2 Å². The summed E-state index contributed by atoms with van der Waals surface area (Å²) in [6.07, 6.45) is -1.21. The van der Waals surface area contributed by atoms with E-state index in [4.69, 9.17) is 0 Å². The van der Waals surface area contributed by atoms with E-state index in [0.29, 0.717) is 19.3 Å². The molecule has 0 amide bonds. The maximum Gasteiger partial charge on any atom is 0.391 e. The minimum atomic E-state index is -4.11. The summed E-state index contributed by atoms with van der Waals surface area (Å²) in [5.74, 6) is -0.973. The fourth-order valence-corrected chi connectivity index (χ4v) is 4.07. The zero-order chi connectivity index (χ0) is 16.1. The van der Waals surface area contributed by atoms with E-state index < -0.39 is 21.9 Å². The summed E-state index contributed by atoms with van der Waals surface area (Å²) in [5.41, 5.74) is 0. The van der Waals surface area contributed by atoms with Crippen molar-refractivity contribution < 1.29 is 21.6 Å². The van der Waals surface area contributed by atoms with Gasteiger partial charge in [-0.05, 0) is 45.1 Å². The molecule has 0 aromatic carbocycles. The summed E-state index contributed by atoms with van der Waals surface area (Å²) < 4.78 is 61.4. The highest BCUT2D eigenvalue weighted by molar-refractivity contribution is 7.91. The van der Waals surface area contributed by atoms with Crippen molar-refractivity contribution in [1.29, 1.82) is 0 Å². The second-order valence-corrected chi connectivity index (χ2v) is 8.41. The van der Waals surface area contributed by atoms with Gasteiger partial charge in [-0.15, -0.1) is 0 Å². The second kappa shape index (κ2) is 7.81. The molecule has 0 radical (unpaired) electrons. The molecule has 3 nitrogen and oxygen atoms in total. The molecule has 1 aliphatic carbocycles. The number of halogens is 3. The van der Waals surface area contributed by atoms with Gasteiger partial charge in [-0.3, -0.25) is 0 Å². The Kier molecular flexibility index (Phi) is 6.97. The third-order valence-corrected chi connectivity index (χ3v) is 6.32. The van der Waals surface area contributed by atoms with Crippen molar-refractivity contribution in [3.05, 3.63) is 0 Å². The molecule has 7 heteroatoms. The van der Waals surface area contributed by atoms with E-state index in [-0.39, 0.29) is 36.3 Å². The zero-order valence-electron chi connectivity index (χ0n) is 12.7. The highest BCUT2D eigenvalue weighted by Crippen LogP contribution is 2.41. The lowest BCUT2D eigenvalue weighted by molar-refractivity contribution is -0.186. The average molecular weight is 329 g/mol. The van der Waals surface area contributed by atoms with E-state index in [2.05, 4.69) is 5.32 Å². The van der Waals surface area contributed by atoms with Gasteiger partial charge in [-0.25, -0.2) is 8.42 Å². The molecule has 126 valence electrons. The monoisotopic (exact) mass is 329 g/mol. The molecule has 3 unspecified atom stereocenters. The van der Waals surface area contributed by atoms with Crippen molar-refractivity contribution in [2.45, 2.75) is 57.7 Å². The summed E-state index contributed by atoms with van der Waals surface area (Å²) in [7, 11) is -1.25. The van der Waals surface area contributed by atoms with Gasteiger partial charge >= 0.3 is 6.18 Å². The Balaban J connectivity index is 2.52. The van der Waals surface area contributed by atoms with Gasteiger partial charge < -0.3 is 5.32 Å². The summed E-state index contributed by atoms with van der Waals surface area (Å²) in [6, 6.07) is -0.0257. The van der Waals surface area contributed by atoms with E-state index in [1.165, 1.54) is 0 Å². The molecule has 0 spiro atoms. The van der Waals surface area contributed by atoms with Gasteiger partial charge in [0, 0.05) is 11.8 Å². The van der Waals surface area contributed by atoms with Crippen molar-refractivity contribution >= 4 is 9.84 Å². The first-order chi connectivity index (χ1) is 9.69. The largest absolute Gasteiger partial charge is 0.391 e. The molecule has 21 heavy (non-hydrogen) atoms. The number of sulfone groups is 1. The van der Waals surface area contributed by atoms with Crippen LogP contribution in [-0.2, 0) is 9.84 Å². The van der Waals surface area contributed by atoms with Gasteiger partial charge in [0.05, 0.1) is 11.7 Å². The zero-order valence-corrected chi connectivity index (χ0v) is 13.6. The first-order valence-corrected chi connectivity index (χ1v) is 9.46. The second-order valence-electron chi connectivity index (χ2n) is 5.94. The quantitative estimate of drug-likeness (QED) is 0.780. The van der Waals surface area contributed by atoms with Crippen LogP contribution < -0.4 is 5.32 Å². The topological polar surface area (TPSA) is 46.2 Å². The Morgan fingerprint density at radius 3 is 2.48 bits per heavy atom. The summed E-state index contributed by atoms with van der Waals surface area (Å²) in [5, 5.41) is 3.09. The fourth-order valence-electron chi connectivity index (χ4n) is 3.17. The highest BCUT2D eigenvalue weighted by Gasteiger charge is 2.43. The Hall–Kier alpha value is -0.300. The van der Waals surface area contributed by atoms with E-state index >= 15 is 0 Å². The lowest BCUT2D eigenvalue weighted by atomic mass is 9.76. The highest BCUT2D eigenvalue weighted by atomic mass is 32.2. The van der Waals surface area contributed by atoms with E-state index in [9.17, 15) is 21.6 Å². The van der Waals surface area contributed by atoms with Crippen molar-refractivity contribution in [2.24, 2.45) is 11.8 Å². The Morgan fingerprint density at radius 1 is 1.29 bits per heavy atom. The van der Waals surface area contributed by atoms with Crippen molar-refractivity contribution in [1.82, 2.24) is 5.32 Å². The minimum Gasteiger partial charge on any atom is -0.317 e. The van der Waals surface area contributed by atoms with Crippen LogP contribution >= 0.6 is 0 Å². The number of rotatable bonds is 7. The molecule has 0 aliphatic heterocycles. The van der Waals surface area contributed by atoms with Crippen LogP contribution in [0.4, 0.5) is 13.2 Å². The van der Waals surface area contributed by atoms with Crippen LogP contribution in [0.25, 0.3) is 0 Å². The van der Waals surface area contributed by atoms with Crippen molar-refractivity contribution in [3.63, 3.8) is 0 Å². The first-order valence-electron chi connectivity index (χ1n) is 7.64. The van der Waals surface area contributed by atoms with Crippen molar-refractivity contribution in [3.8, 4) is 0 Å². The molecular formula is C14H26F3NO2S. The Labute approximate surface area is 125 Å². The molecule has 3 atom stereocenters.